The lowest BCUT2D eigenvalue weighted by atomic mass is 10.1. The Hall–Kier alpha value is -2.78. The van der Waals surface area contributed by atoms with Gasteiger partial charge in [-0.1, -0.05) is 0 Å². The SMILES string of the molecule is CNS(=O)(=O)c1cc(C(=O)N2CCN(c3ccc(OC)cc3)CC2)ccc1OC. The standard InChI is InChI=1S/C20H25N3O5S/c1-21-29(25,26)19-14-15(4-9-18(19)28-3)20(24)23-12-10-22(11-13-23)16-5-7-17(27-2)8-6-16/h4-9,14,21H,10-13H2,1-3H3. The van der Waals surface area contributed by atoms with E-state index in [2.05, 4.69) is 9.62 Å². The van der Waals surface area contributed by atoms with E-state index in [1.807, 2.05) is 24.3 Å². The molecule has 1 amide bonds. The van der Waals surface area contributed by atoms with Gasteiger partial charge >= 0.3 is 0 Å². The molecule has 9 heteroatoms. The van der Waals surface area contributed by atoms with Crippen molar-refractivity contribution in [1.82, 2.24) is 9.62 Å². The van der Waals surface area contributed by atoms with Gasteiger partial charge in [-0.05, 0) is 49.5 Å². The second kappa shape index (κ2) is 8.71. The fourth-order valence-electron chi connectivity index (χ4n) is 3.27. The normalized spacial score (nSPS) is 14.6. The monoisotopic (exact) mass is 419 g/mol. The highest BCUT2D eigenvalue weighted by Crippen LogP contribution is 2.26. The van der Waals surface area contributed by atoms with Crippen LogP contribution in [0.2, 0.25) is 0 Å². The zero-order chi connectivity index (χ0) is 21.0. The topological polar surface area (TPSA) is 88.2 Å². The van der Waals surface area contributed by atoms with E-state index < -0.39 is 10.0 Å². The molecule has 156 valence electrons. The highest BCUT2D eigenvalue weighted by atomic mass is 32.2. The van der Waals surface area contributed by atoms with Crippen LogP contribution < -0.4 is 19.1 Å². The minimum atomic E-state index is -3.74. The Labute approximate surface area is 171 Å². The molecule has 1 N–H and O–H groups in total. The van der Waals surface area contributed by atoms with Gasteiger partial charge in [0.15, 0.2) is 0 Å². The van der Waals surface area contributed by atoms with Crippen molar-refractivity contribution in [3.8, 4) is 11.5 Å². The molecule has 0 radical (unpaired) electrons. The number of nitrogens with one attached hydrogen (secondary N) is 1. The predicted octanol–water partition coefficient (Wildman–Crippen LogP) is 1.57. The molecule has 1 aliphatic heterocycles. The summed E-state index contributed by atoms with van der Waals surface area (Å²) in [6, 6.07) is 12.3. The number of sulfonamides is 1. The quantitative estimate of drug-likeness (QED) is 0.765. The number of rotatable bonds is 6. The van der Waals surface area contributed by atoms with Crippen LogP contribution in [-0.2, 0) is 10.0 Å². The third-order valence-electron chi connectivity index (χ3n) is 4.97. The van der Waals surface area contributed by atoms with Crippen LogP contribution in [0, 0.1) is 0 Å². The number of piperazine rings is 1. The lowest BCUT2D eigenvalue weighted by Crippen LogP contribution is -2.48. The molecule has 0 bridgehead atoms. The minimum Gasteiger partial charge on any atom is -0.497 e. The van der Waals surface area contributed by atoms with Crippen molar-refractivity contribution < 1.29 is 22.7 Å². The van der Waals surface area contributed by atoms with E-state index >= 15 is 0 Å². The van der Waals surface area contributed by atoms with Gasteiger partial charge in [-0.2, -0.15) is 0 Å². The maximum absolute atomic E-state index is 12.9. The summed E-state index contributed by atoms with van der Waals surface area (Å²) < 4.78 is 37.1. The van der Waals surface area contributed by atoms with Crippen molar-refractivity contribution in [3.05, 3.63) is 48.0 Å². The molecule has 0 atom stereocenters. The third kappa shape index (κ3) is 4.46. The molecule has 2 aromatic rings. The molecule has 0 aliphatic carbocycles. The van der Waals surface area contributed by atoms with Gasteiger partial charge in [-0.3, -0.25) is 4.79 Å². The first-order valence-electron chi connectivity index (χ1n) is 9.19. The van der Waals surface area contributed by atoms with Crippen LogP contribution in [0.15, 0.2) is 47.4 Å². The molecule has 29 heavy (non-hydrogen) atoms. The van der Waals surface area contributed by atoms with Crippen LogP contribution in [0.1, 0.15) is 10.4 Å². The molecule has 1 fully saturated rings. The Kier molecular flexibility index (Phi) is 6.29. The van der Waals surface area contributed by atoms with Crippen LogP contribution in [0.5, 0.6) is 11.5 Å². The molecule has 0 saturated carbocycles. The number of anilines is 1. The van der Waals surface area contributed by atoms with Crippen molar-refractivity contribution in [2.45, 2.75) is 4.90 Å². The maximum atomic E-state index is 12.9. The van der Waals surface area contributed by atoms with Gasteiger partial charge in [-0.25, -0.2) is 13.1 Å². The number of benzene rings is 2. The number of carbonyl (C=O) groups excluding carboxylic acids is 1. The van der Waals surface area contributed by atoms with Crippen molar-refractivity contribution in [2.75, 3.05) is 52.3 Å². The van der Waals surface area contributed by atoms with Crippen molar-refractivity contribution >= 4 is 21.6 Å². The number of amides is 1. The van der Waals surface area contributed by atoms with Crippen LogP contribution >= 0.6 is 0 Å². The first-order chi connectivity index (χ1) is 13.9. The third-order valence-corrected chi connectivity index (χ3v) is 6.41. The van der Waals surface area contributed by atoms with Crippen molar-refractivity contribution in [1.29, 1.82) is 0 Å². The first kappa shape index (κ1) is 20.9. The molecule has 3 rings (SSSR count). The van der Waals surface area contributed by atoms with Crippen LogP contribution in [0.3, 0.4) is 0 Å². The number of hydrogen-bond donors (Lipinski definition) is 1. The smallest absolute Gasteiger partial charge is 0.254 e. The Morgan fingerprint density at radius 1 is 0.966 bits per heavy atom. The summed E-state index contributed by atoms with van der Waals surface area (Å²) in [7, 11) is 0.602. The van der Waals surface area contributed by atoms with Gasteiger partial charge in [0.05, 0.1) is 14.2 Å². The Balaban J connectivity index is 1.72. The molecule has 1 heterocycles. The van der Waals surface area contributed by atoms with Crippen LogP contribution in [0.25, 0.3) is 0 Å². The lowest BCUT2D eigenvalue weighted by molar-refractivity contribution is 0.0746. The molecule has 0 aromatic heterocycles. The molecular weight excluding hydrogens is 394 g/mol. The van der Waals surface area contributed by atoms with E-state index in [0.29, 0.717) is 31.7 Å². The van der Waals surface area contributed by atoms with Gasteiger partial charge in [0.2, 0.25) is 10.0 Å². The largest absolute Gasteiger partial charge is 0.497 e. The molecule has 2 aromatic carbocycles. The first-order valence-corrected chi connectivity index (χ1v) is 10.7. The van der Waals surface area contributed by atoms with E-state index in [-0.39, 0.29) is 16.6 Å². The summed E-state index contributed by atoms with van der Waals surface area (Å²) in [5.41, 5.74) is 1.39. The molecule has 8 nitrogen and oxygen atoms in total. The Morgan fingerprint density at radius 2 is 1.62 bits per heavy atom. The number of ether oxygens (including phenoxy) is 2. The average molecular weight is 420 g/mol. The summed E-state index contributed by atoms with van der Waals surface area (Å²) in [5, 5.41) is 0. The predicted molar refractivity (Wildman–Crippen MR) is 110 cm³/mol. The number of nitrogens with zero attached hydrogens (tertiary/aromatic N) is 2. The zero-order valence-corrected chi connectivity index (χ0v) is 17.5. The van der Waals surface area contributed by atoms with E-state index in [9.17, 15) is 13.2 Å². The molecule has 0 unspecified atom stereocenters. The summed E-state index contributed by atoms with van der Waals surface area (Å²) >= 11 is 0. The van der Waals surface area contributed by atoms with Gasteiger partial charge in [-0.15, -0.1) is 0 Å². The summed E-state index contributed by atoms with van der Waals surface area (Å²) in [6.45, 7) is 2.47. The second-order valence-electron chi connectivity index (χ2n) is 6.55. The second-order valence-corrected chi connectivity index (χ2v) is 8.41. The maximum Gasteiger partial charge on any atom is 0.254 e. The lowest BCUT2D eigenvalue weighted by Gasteiger charge is -2.36. The van der Waals surface area contributed by atoms with Gasteiger partial charge in [0.1, 0.15) is 16.4 Å². The van der Waals surface area contributed by atoms with E-state index in [4.69, 9.17) is 9.47 Å². The van der Waals surface area contributed by atoms with E-state index in [0.717, 1.165) is 11.4 Å². The molecule has 0 spiro atoms. The minimum absolute atomic E-state index is 0.0507. The summed E-state index contributed by atoms with van der Waals surface area (Å²) in [5.74, 6) is 0.796. The number of carbonyl (C=O) groups is 1. The fraction of sp³-hybridized carbons (Fsp3) is 0.350. The van der Waals surface area contributed by atoms with E-state index in [1.165, 1.54) is 26.3 Å². The highest BCUT2D eigenvalue weighted by Gasteiger charge is 2.25. The van der Waals surface area contributed by atoms with Crippen LogP contribution in [-0.4, -0.2) is 66.7 Å². The fourth-order valence-corrected chi connectivity index (χ4v) is 4.19. The van der Waals surface area contributed by atoms with E-state index in [1.54, 1.807) is 18.1 Å². The zero-order valence-electron chi connectivity index (χ0n) is 16.7. The van der Waals surface area contributed by atoms with Crippen molar-refractivity contribution in [3.63, 3.8) is 0 Å². The van der Waals surface area contributed by atoms with Gasteiger partial charge in [0, 0.05) is 37.4 Å². The van der Waals surface area contributed by atoms with Crippen molar-refractivity contribution in [2.24, 2.45) is 0 Å². The number of hydrogen-bond acceptors (Lipinski definition) is 6. The average Bonchev–Trinajstić information content (AvgIpc) is 2.78. The molecule has 1 saturated heterocycles. The molecular formula is C20H25N3O5S. The Morgan fingerprint density at radius 3 is 2.17 bits per heavy atom. The highest BCUT2D eigenvalue weighted by molar-refractivity contribution is 7.89. The Bertz CT molecular complexity index is 968. The number of methoxy groups -OCH3 is 2. The summed E-state index contributed by atoms with van der Waals surface area (Å²) in [4.78, 5) is 16.8. The van der Waals surface area contributed by atoms with Gasteiger partial charge < -0.3 is 19.3 Å². The van der Waals surface area contributed by atoms with Gasteiger partial charge in [0.25, 0.3) is 5.91 Å². The molecule has 1 aliphatic rings. The van der Waals surface area contributed by atoms with Crippen LogP contribution in [0.4, 0.5) is 5.69 Å². The summed E-state index contributed by atoms with van der Waals surface area (Å²) in [6.07, 6.45) is 0.